The van der Waals surface area contributed by atoms with Crippen LogP contribution in [0.5, 0.6) is 0 Å². The first-order valence-corrected chi connectivity index (χ1v) is 7.28. The number of benzene rings is 2. The van der Waals surface area contributed by atoms with Crippen LogP contribution in [-0.2, 0) is 6.54 Å². The van der Waals surface area contributed by atoms with E-state index in [1.165, 1.54) is 10.8 Å². The third-order valence-corrected chi connectivity index (χ3v) is 3.89. The monoisotopic (exact) mass is 327 g/mol. The highest BCUT2D eigenvalue weighted by Gasteiger charge is 2.05. The lowest BCUT2D eigenvalue weighted by molar-refractivity contribution is 0.753. The standard InChI is InChI=1S/C17H14BrNO/c1-12-9-15(18)11-19(17(12)20)10-14-7-4-6-13-5-2-3-8-16(13)14/h2-9,11H,10H2,1H3. The minimum absolute atomic E-state index is 0.0566. The van der Waals surface area contributed by atoms with Crippen molar-refractivity contribution in [2.24, 2.45) is 0 Å². The van der Waals surface area contributed by atoms with Gasteiger partial charge in [0.1, 0.15) is 0 Å². The molecule has 1 aromatic heterocycles. The molecule has 3 aromatic rings. The van der Waals surface area contributed by atoms with Gasteiger partial charge in [0.05, 0.1) is 6.54 Å². The van der Waals surface area contributed by atoms with Crippen molar-refractivity contribution < 1.29 is 0 Å². The van der Waals surface area contributed by atoms with Gasteiger partial charge in [-0.15, -0.1) is 0 Å². The predicted octanol–water partition coefficient (Wildman–Crippen LogP) is 4.12. The third-order valence-electron chi connectivity index (χ3n) is 3.45. The Morgan fingerprint density at radius 1 is 1.10 bits per heavy atom. The largest absolute Gasteiger partial charge is 0.310 e. The Kier molecular flexibility index (Phi) is 3.45. The first-order chi connectivity index (χ1) is 9.65. The molecule has 100 valence electrons. The Balaban J connectivity index is 2.13. The molecule has 0 saturated heterocycles. The highest BCUT2D eigenvalue weighted by Crippen LogP contribution is 2.19. The van der Waals surface area contributed by atoms with Crippen LogP contribution < -0.4 is 5.56 Å². The third kappa shape index (κ3) is 2.41. The van der Waals surface area contributed by atoms with Crippen LogP contribution in [0.2, 0.25) is 0 Å². The van der Waals surface area contributed by atoms with E-state index in [1.807, 2.05) is 37.4 Å². The molecule has 0 N–H and O–H groups in total. The van der Waals surface area contributed by atoms with Crippen LogP contribution in [0.4, 0.5) is 0 Å². The average molecular weight is 328 g/mol. The number of nitrogens with zero attached hydrogens (tertiary/aromatic N) is 1. The SMILES string of the molecule is Cc1cc(Br)cn(Cc2cccc3ccccc23)c1=O. The highest BCUT2D eigenvalue weighted by molar-refractivity contribution is 9.10. The Labute approximate surface area is 125 Å². The molecule has 2 aromatic carbocycles. The predicted molar refractivity (Wildman–Crippen MR) is 86.2 cm³/mol. The van der Waals surface area contributed by atoms with Gasteiger partial charge >= 0.3 is 0 Å². The van der Waals surface area contributed by atoms with Crippen LogP contribution >= 0.6 is 15.9 Å². The average Bonchev–Trinajstić information content (AvgIpc) is 2.44. The Morgan fingerprint density at radius 3 is 2.70 bits per heavy atom. The van der Waals surface area contributed by atoms with Gasteiger partial charge in [0.15, 0.2) is 0 Å². The van der Waals surface area contributed by atoms with Crippen LogP contribution in [0.25, 0.3) is 10.8 Å². The maximum atomic E-state index is 12.2. The van der Waals surface area contributed by atoms with E-state index in [0.717, 1.165) is 15.6 Å². The van der Waals surface area contributed by atoms with Crippen molar-refractivity contribution in [3.63, 3.8) is 0 Å². The highest BCUT2D eigenvalue weighted by atomic mass is 79.9. The van der Waals surface area contributed by atoms with E-state index in [1.54, 1.807) is 4.57 Å². The first-order valence-electron chi connectivity index (χ1n) is 6.48. The van der Waals surface area contributed by atoms with Gasteiger partial charge in [-0.05, 0) is 45.3 Å². The van der Waals surface area contributed by atoms with E-state index in [4.69, 9.17) is 0 Å². The van der Waals surface area contributed by atoms with Crippen molar-refractivity contribution in [3.8, 4) is 0 Å². The molecule has 0 saturated carbocycles. The number of hydrogen-bond acceptors (Lipinski definition) is 1. The summed E-state index contributed by atoms with van der Waals surface area (Å²) in [6.07, 6.45) is 1.84. The summed E-state index contributed by atoms with van der Waals surface area (Å²) in [4.78, 5) is 12.2. The summed E-state index contributed by atoms with van der Waals surface area (Å²) in [5.41, 5.74) is 1.96. The lowest BCUT2D eigenvalue weighted by Gasteiger charge is -2.10. The maximum Gasteiger partial charge on any atom is 0.253 e. The molecule has 0 radical (unpaired) electrons. The maximum absolute atomic E-state index is 12.2. The second-order valence-electron chi connectivity index (χ2n) is 4.91. The second-order valence-corrected chi connectivity index (χ2v) is 5.83. The number of hydrogen-bond donors (Lipinski definition) is 0. The normalized spacial score (nSPS) is 10.9. The molecule has 3 heteroatoms. The van der Waals surface area contributed by atoms with Crippen molar-refractivity contribution in [1.29, 1.82) is 0 Å². The van der Waals surface area contributed by atoms with E-state index in [2.05, 4.69) is 40.2 Å². The van der Waals surface area contributed by atoms with Crippen LogP contribution in [-0.4, -0.2) is 4.57 Å². The minimum Gasteiger partial charge on any atom is -0.310 e. The van der Waals surface area contributed by atoms with E-state index in [-0.39, 0.29) is 5.56 Å². The molecule has 0 bridgehead atoms. The van der Waals surface area contributed by atoms with Crippen molar-refractivity contribution >= 4 is 26.7 Å². The van der Waals surface area contributed by atoms with Gasteiger partial charge in [-0.2, -0.15) is 0 Å². The fourth-order valence-corrected chi connectivity index (χ4v) is 3.06. The van der Waals surface area contributed by atoms with Gasteiger partial charge in [0.2, 0.25) is 0 Å². The molecular weight excluding hydrogens is 314 g/mol. The fraction of sp³-hybridized carbons (Fsp3) is 0.118. The lowest BCUT2D eigenvalue weighted by atomic mass is 10.0. The zero-order valence-corrected chi connectivity index (χ0v) is 12.7. The van der Waals surface area contributed by atoms with Crippen LogP contribution in [0.3, 0.4) is 0 Å². The van der Waals surface area contributed by atoms with E-state index >= 15 is 0 Å². The Hall–Kier alpha value is -1.87. The molecule has 0 aliphatic heterocycles. The molecule has 3 rings (SSSR count). The fourth-order valence-electron chi connectivity index (χ4n) is 2.47. The number of aryl methyl sites for hydroxylation is 1. The van der Waals surface area contributed by atoms with Gasteiger partial charge < -0.3 is 4.57 Å². The second kappa shape index (κ2) is 5.25. The summed E-state index contributed by atoms with van der Waals surface area (Å²) < 4.78 is 2.68. The van der Waals surface area contributed by atoms with Gasteiger partial charge in [0.25, 0.3) is 5.56 Å². The van der Waals surface area contributed by atoms with Crippen LogP contribution in [0, 0.1) is 6.92 Å². The zero-order chi connectivity index (χ0) is 14.1. The van der Waals surface area contributed by atoms with Crippen molar-refractivity contribution in [2.45, 2.75) is 13.5 Å². The lowest BCUT2D eigenvalue weighted by Crippen LogP contribution is -2.22. The Bertz CT molecular complexity index is 831. The number of pyridine rings is 1. The Morgan fingerprint density at radius 2 is 1.85 bits per heavy atom. The van der Waals surface area contributed by atoms with Crippen molar-refractivity contribution in [1.82, 2.24) is 4.57 Å². The summed E-state index contributed by atoms with van der Waals surface area (Å²) in [5.74, 6) is 0. The molecule has 0 atom stereocenters. The summed E-state index contributed by atoms with van der Waals surface area (Å²) in [7, 11) is 0. The number of rotatable bonds is 2. The topological polar surface area (TPSA) is 22.0 Å². The number of halogens is 1. The molecular formula is C17H14BrNO. The van der Waals surface area contributed by atoms with Crippen LogP contribution in [0.15, 0.2) is 64.0 Å². The molecule has 0 unspecified atom stereocenters. The number of fused-ring (bicyclic) bond motifs is 1. The summed E-state index contributed by atoms with van der Waals surface area (Å²) in [6, 6.07) is 16.3. The smallest absolute Gasteiger partial charge is 0.253 e. The van der Waals surface area contributed by atoms with Crippen LogP contribution in [0.1, 0.15) is 11.1 Å². The molecule has 0 aliphatic rings. The molecule has 2 nitrogen and oxygen atoms in total. The zero-order valence-electron chi connectivity index (χ0n) is 11.1. The molecule has 0 amide bonds. The molecule has 0 aliphatic carbocycles. The molecule has 20 heavy (non-hydrogen) atoms. The van der Waals surface area contributed by atoms with Gasteiger partial charge in [0, 0.05) is 16.2 Å². The van der Waals surface area contributed by atoms with Crippen molar-refractivity contribution in [2.75, 3.05) is 0 Å². The summed E-state index contributed by atoms with van der Waals surface area (Å²) in [5, 5.41) is 2.39. The minimum atomic E-state index is 0.0566. The molecule has 1 heterocycles. The molecule has 0 spiro atoms. The summed E-state index contributed by atoms with van der Waals surface area (Å²) >= 11 is 3.45. The molecule has 0 fully saturated rings. The summed E-state index contributed by atoms with van der Waals surface area (Å²) in [6.45, 7) is 2.42. The van der Waals surface area contributed by atoms with E-state index in [9.17, 15) is 4.79 Å². The van der Waals surface area contributed by atoms with Gasteiger partial charge in [-0.1, -0.05) is 42.5 Å². The first kappa shape index (κ1) is 13.1. The quantitative estimate of drug-likeness (QED) is 0.694. The van der Waals surface area contributed by atoms with Crippen molar-refractivity contribution in [3.05, 3.63) is 80.7 Å². The van der Waals surface area contributed by atoms with Gasteiger partial charge in [-0.25, -0.2) is 0 Å². The van der Waals surface area contributed by atoms with E-state index in [0.29, 0.717) is 6.54 Å². The number of aromatic nitrogens is 1. The van der Waals surface area contributed by atoms with E-state index < -0.39 is 0 Å². The van der Waals surface area contributed by atoms with Gasteiger partial charge in [-0.3, -0.25) is 4.79 Å².